The van der Waals surface area contributed by atoms with Crippen LogP contribution in [0.3, 0.4) is 0 Å². The van der Waals surface area contributed by atoms with Crippen molar-refractivity contribution in [3.05, 3.63) is 70.8 Å². The Morgan fingerprint density at radius 1 is 0.871 bits per heavy atom. The summed E-state index contributed by atoms with van der Waals surface area (Å²) >= 11 is 0. The normalized spacial score (nSPS) is 21.1. The summed E-state index contributed by atoms with van der Waals surface area (Å²) in [6, 6.07) is 17.1. The molecule has 2 aromatic rings. The molecule has 1 atom stereocenters. The summed E-state index contributed by atoms with van der Waals surface area (Å²) in [5.74, 6) is 0.0789. The fourth-order valence-electron chi connectivity index (χ4n) is 5.06. The zero-order valence-corrected chi connectivity index (χ0v) is 23.1. The number of carbonyl (C=O) groups excluding carboxylic acids is 1. The van der Waals surface area contributed by atoms with E-state index < -0.39 is 21.0 Å². The van der Waals surface area contributed by atoms with Crippen molar-refractivity contribution < 1.29 is 9.22 Å². The van der Waals surface area contributed by atoms with Crippen molar-refractivity contribution in [3.63, 3.8) is 0 Å². The lowest BCUT2D eigenvalue weighted by Gasteiger charge is -2.41. The number of ketones is 1. The first-order valence-corrected chi connectivity index (χ1v) is 18.9. The fourth-order valence-corrected chi connectivity index (χ4v) is 8.42. The molecule has 168 valence electrons. The Hall–Kier alpha value is -1.50. The highest BCUT2D eigenvalue weighted by Gasteiger charge is 2.46. The Labute approximate surface area is 191 Å². The Balaban J connectivity index is 1.90. The van der Waals surface area contributed by atoms with E-state index in [1.807, 2.05) is 26.0 Å². The summed E-state index contributed by atoms with van der Waals surface area (Å²) in [5, 5.41) is 0. The van der Waals surface area contributed by atoms with Gasteiger partial charge in [-0.2, -0.15) is 0 Å². The Morgan fingerprint density at radius 2 is 1.39 bits per heavy atom. The molecule has 1 aliphatic rings. The zero-order chi connectivity index (χ0) is 23.5. The SMILES string of the molecule is CC(C)(O[Si](C)(C)[Si](C)(C)C)C(=O)c1ccc(C2(C)CC(C)(C)c3ccccc32)cc1. The van der Waals surface area contributed by atoms with Crippen LogP contribution >= 0.6 is 0 Å². The molecule has 0 heterocycles. The van der Waals surface area contributed by atoms with Crippen LogP contribution in [0.4, 0.5) is 0 Å². The van der Waals surface area contributed by atoms with E-state index in [0.717, 1.165) is 12.0 Å². The molecule has 0 saturated heterocycles. The van der Waals surface area contributed by atoms with Gasteiger partial charge in [-0.1, -0.05) is 88.9 Å². The van der Waals surface area contributed by atoms with E-state index in [0.29, 0.717) is 0 Å². The minimum Gasteiger partial charge on any atom is -0.408 e. The zero-order valence-electron chi connectivity index (χ0n) is 21.1. The number of benzene rings is 2. The molecule has 0 spiro atoms. The van der Waals surface area contributed by atoms with Gasteiger partial charge in [0.2, 0.25) is 0 Å². The maximum Gasteiger partial charge on any atom is 0.192 e. The summed E-state index contributed by atoms with van der Waals surface area (Å²) in [4.78, 5) is 13.4. The average Bonchev–Trinajstić information content (AvgIpc) is 2.87. The quantitative estimate of drug-likeness (QED) is 0.340. The van der Waals surface area contributed by atoms with E-state index in [1.165, 1.54) is 16.7 Å². The second-order valence-corrected chi connectivity index (χ2v) is 28.1. The molecule has 0 aliphatic heterocycles. The van der Waals surface area contributed by atoms with Gasteiger partial charge in [-0.05, 0) is 55.5 Å². The fraction of sp³-hybridized carbons (Fsp3) is 0.519. The van der Waals surface area contributed by atoms with Crippen LogP contribution in [0.1, 0.15) is 68.1 Å². The molecule has 4 heteroatoms. The molecule has 0 saturated carbocycles. The number of carbonyl (C=O) groups is 1. The lowest BCUT2D eigenvalue weighted by atomic mass is 9.75. The van der Waals surface area contributed by atoms with E-state index in [2.05, 4.69) is 89.9 Å². The highest BCUT2D eigenvalue weighted by molar-refractivity contribution is 7.37. The molecule has 31 heavy (non-hydrogen) atoms. The lowest BCUT2D eigenvalue weighted by Crippen LogP contribution is -2.59. The smallest absolute Gasteiger partial charge is 0.192 e. The van der Waals surface area contributed by atoms with Crippen molar-refractivity contribution in [1.29, 1.82) is 0 Å². The van der Waals surface area contributed by atoms with Crippen molar-refractivity contribution in [2.45, 2.75) is 90.2 Å². The summed E-state index contributed by atoms with van der Waals surface area (Å²) in [5.41, 5.74) is 4.16. The molecule has 0 bridgehead atoms. The summed E-state index contributed by atoms with van der Waals surface area (Å²) in [6.45, 7) is 22.4. The van der Waals surface area contributed by atoms with Crippen molar-refractivity contribution in [2.24, 2.45) is 0 Å². The Bertz CT molecular complexity index is 981. The maximum atomic E-state index is 13.4. The monoisotopic (exact) mass is 452 g/mol. The van der Waals surface area contributed by atoms with Crippen LogP contribution in [0.2, 0.25) is 32.7 Å². The number of rotatable bonds is 6. The summed E-state index contributed by atoms with van der Waals surface area (Å²) in [7, 11) is -3.38. The number of Topliss-reactive ketones (excluding diaryl/α,β-unsaturated/α-hetero) is 1. The van der Waals surface area contributed by atoms with E-state index >= 15 is 0 Å². The third kappa shape index (κ3) is 4.27. The minimum absolute atomic E-state index is 0.0412. The molecular formula is C27H40O2Si2. The third-order valence-electron chi connectivity index (χ3n) is 7.69. The van der Waals surface area contributed by atoms with Gasteiger partial charge >= 0.3 is 0 Å². The predicted molar refractivity (Wildman–Crippen MR) is 137 cm³/mol. The van der Waals surface area contributed by atoms with Crippen LogP contribution in [0, 0.1) is 0 Å². The van der Waals surface area contributed by atoms with Crippen LogP contribution in [-0.4, -0.2) is 26.8 Å². The molecular weight excluding hydrogens is 412 g/mol. The third-order valence-corrected chi connectivity index (χ3v) is 23.5. The highest BCUT2D eigenvalue weighted by Crippen LogP contribution is 2.52. The van der Waals surface area contributed by atoms with Gasteiger partial charge < -0.3 is 4.43 Å². The Morgan fingerprint density at radius 3 is 1.90 bits per heavy atom. The van der Waals surface area contributed by atoms with E-state index in [4.69, 9.17) is 4.43 Å². The van der Waals surface area contributed by atoms with Crippen molar-refractivity contribution in [1.82, 2.24) is 0 Å². The van der Waals surface area contributed by atoms with Crippen molar-refractivity contribution >= 4 is 21.2 Å². The highest BCUT2D eigenvalue weighted by atomic mass is 29.3. The molecule has 0 fully saturated rings. The van der Waals surface area contributed by atoms with E-state index in [1.54, 1.807) is 0 Å². The Kier molecular flexibility index (Phi) is 5.87. The second kappa shape index (κ2) is 7.53. The molecule has 1 unspecified atom stereocenters. The van der Waals surface area contributed by atoms with Crippen molar-refractivity contribution in [3.8, 4) is 0 Å². The molecule has 2 aromatic carbocycles. The lowest BCUT2D eigenvalue weighted by molar-refractivity contribution is 0.0568. The van der Waals surface area contributed by atoms with Crippen molar-refractivity contribution in [2.75, 3.05) is 0 Å². The average molecular weight is 453 g/mol. The van der Waals surface area contributed by atoms with E-state index in [9.17, 15) is 4.79 Å². The molecule has 0 aromatic heterocycles. The first kappa shape index (κ1) is 24.2. The first-order chi connectivity index (χ1) is 14.0. The topological polar surface area (TPSA) is 26.3 Å². The van der Waals surface area contributed by atoms with Gasteiger partial charge in [0.25, 0.3) is 0 Å². The predicted octanol–water partition coefficient (Wildman–Crippen LogP) is 7.27. The van der Waals surface area contributed by atoms with Gasteiger partial charge in [0.1, 0.15) is 5.60 Å². The van der Waals surface area contributed by atoms with Crippen LogP contribution in [0.15, 0.2) is 48.5 Å². The van der Waals surface area contributed by atoms with Gasteiger partial charge in [-0.3, -0.25) is 4.79 Å². The van der Waals surface area contributed by atoms with Crippen LogP contribution in [0.25, 0.3) is 0 Å². The van der Waals surface area contributed by atoms with Gasteiger partial charge in [-0.15, -0.1) is 0 Å². The largest absolute Gasteiger partial charge is 0.408 e. The van der Waals surface area contributed by atoms with Gasteiger partial charge in [0.15, 0.2) is 13.6 Å². The number of fused-ring (bicyclic) bond motifs is 1. The first-order valence-electron chi connectivity index (χ1n) is 11.5. The minimum atomic E-state index is -1.92. The van der Waals surface area contributed by atoms with E-state index in [-0.39, 0.29) is 16.6 Å². The number of hydrogen-bond acceptors (Lipinski definition) is 2. The molecule has 0 N–H and O–H groups in total. The summed E-state index contributed by atoms with van der Waals surface area (Å²) in [6.07, 6.45) is 1.07. The van der Waals surface area contributed by atoms with Crippen LogP contribution in [0.5, 0.6) is 0 Å². The molecule has 0 radical (unpaired) electrons. The molecule has 2 nitrogen and oxygen atoms in total. The standard InChI is InChI=1S/C27H40O2Si2/c1-25(2)19-27(5,23-14-12-11-13-22(23)25)21-17-15-20(16-18-21)24(28)26(3,4)29-31(9,10)30(6,7)8/h11-18H,19H2,1-10H3. The molecule has 1 aliphatic carbocycles. The van der Waals surface area contributed by atoms with Gasteiger partial charge in [0, 0.05) is 11.0 Å². The summed E-state index contributed by atoms with van der Waals surface area (Å²) < 4.78 is 6.58. The maximum absolute atomic E-state index is 13.4. The molecule has 3 rings (SSSR count). The van der Waals surface area contributed by atoms with Gasteiger partial charge in [0.05, 0.1) is 7.59 Å². The second-order valence-electron chi connectivity index (χ2n) is 12.2. The van der Waals surface area contributed by atoms with Crippen LogP contribution < -0.4 is 0 Å². The van der Waals surface area contributed by atoms with Crippen LogP contribution in [-0.2, 0) is 15.3 Å². The molecule has 0 amide bonds. The van der Waals surface area contributed by atoms with Gasteiger partial charge in [-0.25, -0.2) is 0 Å². The number of hydrogen-bond donors (Lipinski definition) is 0.